The lowest BCUT2D eigenvalue weighted by Crippen LogP contribution is -2.32. The van der Waals surface area contributed by atoms with Gasteiger partial charge < -0.3 is 5.11 Å². The number of aliphatic hydroxyl groups is 1. The first-order chi connectivity index (χ1) is 6.56. The maximum atomic E-state index is 10.3. The molecular weight excluding hydrogens is 172 g/mol. The summed E-state index contributed by atoms with van der Waals surface area (Å²) in [5.41, 5.74) is 0.754. The van der Waals surface area contributed by atoms with Gasteiger partial charge in [0.2, 0.25) is 0 Å². The van der Waals surface area contributed by atoms with Gasteiger partial charge in [-0.15, -0.1) is 0 Å². The number of hydrogen-bond acceptors (Lipinski definition) is 1. The van der Waals surface area contributed by atoms with Gasteiger partial charge in [-0.25, -0.2) is 0 Å². The SMILES string of the molecule is CCCC1CCC(O)(C=C(C)C)CC1. The lowest BCUT2D eigenvalue weighted by molar-refractivity contribution is 0.0331. The first-order valence-corrected chi connectivity index (χ1v) is 5.94. The molecule has 0 radical (unpaired) electrons. The van der Waals surface area contributed by atoms with Crippen molar-refractivity contribution in [1.82, 2.24) is 0 Å². The van der Waals surface area contributed by atoms with Gasteiger partial charge in [-0.2, -0.15) is 0 Å². The van der Waals surface area contributed by atoms with E-state index in [1.165, 1.54) is 31.3 Å². The molecule has 0 amide bonds. The molecule has 0 heterocycles. The molecule has 0 bridgehead atoms. The molecule has 1 saturated carbocycles. The number of rotatable bonds is 3. The molecule has 0 aromatic heterocycles. The van der Waals surface area contributed by atoms with Crippen LogP contribution in [-0.2, 0) is 0 Å². The van der Waals surface area contributed by atoms with E-state index in [1.54, 1.807) is 0 Å². The molecule has 1 rings (SSSR count). The Morgan fingerprint density at radius 3 is 2.36 bits per heavy atom. The molecule has 82 valence electrons. The Hall–Kier alpha value is -0.300. The highest BCUT2D eigenvalue weighted by Crippen LogP contribution is 2.35. The molecule has 1 N–H and O–H groups in total. The average molecular weight is 196 g/mol. The second-order valence-corrected chi connectivity index (χ2v) is 5.06. The molecular formula is C13H24O. The molecule has 0 aliphatic heterocycles. The smallest absolute Gasteiger partial charge is 0.0830 e. The molecule has 1 fully saturated rings. The average Bonchev–Trinajstić information content (AvgIpc) is 2.08. The van der Waals surface area contributed by atoms with Crippen molar-refractivity contribution < 1.29 is 5.11 Å². The van der Waals surface area contributed by atoms with E-state index in [0.29, 0.717) is 0 Å². The monoisotopic (exact) mass is 196 g/mol. The first kappa shape index (κ1) is 11.8. The Morgan fingerprint density at radius 1 is 1.36 bits per heavy atom. The van der Waals surface area contributed by atoms with Crippen LogP contribution in [0.3, 0.4) is 0 Å². The fraction of sp³-hybridized carbons (Fsp3) is 0.846. The zero-order chi connectivity index (χ0) is 10.6. The van der Waals surface area contributed by atoms with Crippen molar-refractivity contribution in [3.63, 3.8) is 0 Å². The fourth-order valence-corrected chi connectivity index (χ4v) is 2.56. The molecule has 14 heavy (non-hydrogen) atoms. The van der Waals surface area contributed by atoms with Gasteiger partial charge in [0.25, 0.3) is 0 Å². The summed E-state index contributed by atoms with van der Waals surface area (Å²) in [4.78, 5) is 0. The summed E-state index contributed by atoms with van der Waals surface area (Å²) >= 11 is 0. The van der Waals surface area contributed by atoms with Crippen LogP contribution in [-0.4, -0.2) is 10.7 Å². The predicted octanol–water partition coefficient (Wildman–Crippen LogP) is 3.67. The van der Waals surface area contributed by atoms with Crippen LogP contribution < -0.4 is 0 Å². The summed E-state index contributed by atoms with van der Waals surface area (Å²) in [7, 11) is 0. The standard InChI is InChI=1S/C13H24O/c1-4-5-12-6-8-13(14,9-7-12)10-11(2)3/h10,12,14H,4-9H2,1-3H3. The fourth-order valence-electron chi connectivity index (χ4n) is 2.56. The molecule has 0 saturated heterocycles. The molecule has 1 aliphatic carbocycles. The van der Waals surface area contributed by atoms with Gasteiger partial charge in [0.1, 0.15) is 0 Å². The topological polar surface area (TPSA) is 20.2 Å². The van der Waals surface area contributed by atoms with E-state index in [2.05, 4.69) is 26.8 Å². The first-order valence-electron chi connectivity index (χ1n) is 5.94. The highest BCUT2D eigenvalue weighted by Gasteiger charge is 2.30. The second-order valence-electron chi connectivity index (χ2n) is 5.06. The van der Waals surface area contributed by atoms with E-state index in [9.17, 15) is 5.11 Å². The van der Waals surface area contributed by atoms with Crippen molar-refractivity contribution in [2.45, 2.75) is 64.9 Å². The zero-order valence-corrected chi connectivity index (χ0v) is 9.84. The van der Waals surface area contributed by atoms with Crippen LogP contribution in [0.1, 0.15) is 59.3 Å². The Morgan fingerprint density at radius 2 is 1.93 bits per heavy atom. The Kier molecular flexibility index (Phi) is 4.18. The molecule has 0 aromatic rings. The minimum Gasteiger partial charge on any atom is -0.386 e. The minimum atomic E-state index is -0.483. The van der Waals surface area contributed by atoms with E-state index in [1.807, 2.05) is 0 Å². The lowest BCUT2D eigenvalue weighted by Gasteiger charge is -2.34. The number of allylic oxidation sites excluding steroid dienone is 1. The molecule has 0 spiro atoms. The van der Waals surface area contributed by atoms with Crippen LogP contribution in [0.25, 0.3) is 0 Å². The van der Waals surface area contributed by atoms with Gasteiger partial charge in [-0.3, -0.25) is 0 Å². The third-order valence-corrected chi connectivity index (χ3v) is 3.23. The van der Waals surface area contributed by atoms with Crippen LogP contribution in [0, 0.1) is 5.92 Å². The van der Waals surface area contributed by atoms with Crippen molar-refractivity contribution in [3.05, 3.63) is 11.6 Å². The van der Waals surface area contributed by atoms with Gasteiger partial charge in [-0.05, 0) is 45.4 Å². The largest absolute Gasteiger partial charge is 0.386 e. The summed E-state index contributed by atoms with van der Waals surface area (Å²) in [6, 6.07) is 0. The van der Waals surface area contributed by atoms with Crippen LogP contribution in [0.5, 0.6) is 0 Å². The highest BCUT2D eigenvalue weighted by atomic mass is 16.3. The third kappa shape index (κ3) is 3.45. The zero-order valence-electron chi connectivity index (χ0n) is 9.84. The molecule has 0 aromatic carbocycles. The lowest BCUT2D eigenvalue weighted by atomic mass is 9.76. The molecule has 1 aliphatic rings. The van der Waals surface area contributed by atoms with E-state index < -0.39 is 5.60 Å². The molecule has 0 atom stereocenters. The summed E-state index contributed by atoms with van der Waals surface area (Å²) in [5, 5.41) is 10.3. The third-order valence-electron chi connectivity index (χ3n) is 3.23. The Bertz CT molecular complexity index is 193. The van der Waals surface area contributed by atoms with E-state index in [0.717, 1.165) is 18.8 Å². The van der Waals surface area contributed by atoms with Gasteiger partial charge in [0.05, 0.1) is 5.60 Å². The van der Waals surface area contributed by atoms with Crippen LogP contribution in [0.2, 0.25) is 0 Å². The van der Waals surface area contributed by atoms with Gasteiger partial charge >= 0.3 is 0 Å². The quantitative estimate of drug-likeness (QED) is 0.683. The van der Waals surface area contributed by atoms with E-state index in [-0.39, 0.29) is 0 Å². The highest BCUT2D eigenvalue weighted by molar-refractivity contribution is 5.08. The van der Waals surface area contributed by atoms with Crippen LogP contribution in [0.4, 0.5) is 0 Å². The van der Waals surface area contributed by atoms with Crippen molar-refractivity contribution in [2.24, 2.45) is 5.92 Å². The minimum absolute atomic E-state index is 0.483. The van der Waals surface area contributed by atoms with Crippen molar-refractivity contribution in [1.29, 1.82) is 0 Å². The maximum absolute atomic E-state index is 10.3. The van der Waals surface area contributed by atoms with Crippen molar-refractivity contribution >= 4 is 0 Å². The van der Waals surface area contributed by atoms with Gasteiger partial charge in [0.15, 0.2) is 0 Å². The number of hydrogen-bond donors (Lipinski definition) is 1. The molecule has 0 unspecified atom stereocenters. The predicted molar refractivity (Wildman–Crippen MR) is 61.2 cm³/mol. The van der Waals surface area contributed by atoms with Crippen molar-refractivity contribution in [2.75, 3.05) is 0 Å². The van der Waals surface area contributed by atoms with Crippen LogP contribution >= 0.6 is 0 Å². The van der Waals surface area contributed by atoms with Gasteiger partial charge in [0, 0.05) is 0 Å². The Balaban J connectivity index is 2.45. The summed E-state index contributed by atoms with van der Waals surface area (Å²) in [6.07, 6.45) is 9.00. The normalized spacial score (nSPS) is 32.7. The maximum Gasteiger partial charge on any atom is 0.0830 e. The molecule has 1 nitrogen and oxygen atoms in total. The summed E-state index contributed by atoms with van der Waals surface area (Å²) < 4.78 is 0. The van der Waals surface area contributed by atoms with Gasteiger partial charge in [-0.1, -0.05) is 31.4 Å². The van der Waals surface area contributed by atoms with E-state index in [4.69, 9.17) is 0 Å². The van der Waals surface area contributed by atoms with E-state index >= 15 is 0 Å². The summed E-state index contributed by atoms with van der Waals surface area (Å²) in [5.74, 6) is 0.867. The van der Waals surface area contributed by atoms with Crippen LogP contribution in [0.15, 0.2) is 11.6 Å². The second kappa shape index (κ2) is 4.97. The molecule has 1 heteroatoms. The van der Waals surface area contributed by atoms with Crippen molar-refractivity contribution in [3.8, 4) is 0 Å². The Labute approximate surface area is 88.2 Å². The summed E-state index contributed by atoms with van der Waals surface area (Å²) in [6.45, 7) is 6.38.